The lowest BCUT2D eigenvalue weighted by atomic mass is 10.1. The molecule has 142 valence electrons. The molecule has 0 aliphatic carbocycles. The zero-order chi connectivity index (χ0) is 19.5. The van der Waals surface area contributed by atoms with Gasteiger partial charge in [0.05, 0.1) is 12.2 Å². The van der Waals surface area contributed by atoms with Gasteiger partial charge in [0.25, 0.3) is 0 Å². The normalized spacial score (nSPS) is 10.1. The number of amides is 2. The Balaban J connectivity index is 1.68. The molecule has 0 aliphatic heterocycles. The van der Waals surface area contributed by atoms with Crippen LogP contribution in [0, 0.1) is 0 Å². The number of carbonyl (C=O) groups excluding carboxylic acids is 3. The van der Waals surface area contributed by atoms with Gasteiger partial charge in [-0.15, -0.1) is 0 Å². The van der Waals surface area contributed by atoms with Crippen molar-refractivity contribution in [2.75, 3.05) is 18.5 Å². The molecule has 2 aromatic carbocycles. The number of carbonyl (C=O) groups is 3. The van der Waals surface area contributed by atoms with Crippen LogP contribution in [0.25, 0.3) is 0 Å². The van der Waals surface area contributed by atoms with E-state index in [2.05, 4.69) is 10.6 Å². The molecule has 0 saturated heterocycles. The second-order valence-corrected chi connectivity index (χ2v) is 5.96. The summed E-state index contributed by atoms with van der Waals surface area (Å²) >= 11 is 0. The molecule has 0 aliphatic rings. The van der Waals surface area contributed by atoms with Crippen LogP contribution in [0.15, 0.2) is 54.6 Å². The summed E-state index contributed by atoms with van der Waals surface area (Å²) in [5.74, 6) is -1.13. The zero-order valence-electron chi connectivity index (χ0n) is 15.4. The maximum Gasteiger partial charge on any atom is 0.338 e. The average Bonchev–Trinajstić information content (AvgIpc) is 2.67. The summed E-state index contributed by atoms with van der Waals surface area (Å²) in [7, 11) is 0. The Labute approximate surface area is 158 Å². The maximum atomic E-state index is 11.9. The molecule has 6 heteroatoms. The van der Waals surface area contributed by atoms with Crippen LogP contribution in [-0.2, 0) is 20.7 Å². The first-order chi connectivity index (χ1) is 13.1. The first kappa shape index (κ1) is 20.2. The van der Waals surface area contributed by atoms with Gasteiger partial charge in [0.2, 0.25) is 11.8 Å². The molecule has 0 saturated carbocycles. The third-order valence-corrected chi connectivity index (χ3v) is 3.81. The van der Waals surface area contributed by atoms with Crippen LogP contribution in [-0.4, -0.2) is 30.9 Å². The van der Waals surface area contributed by atoms with Gasteiger partial charge in [0, 0.05) is 12.2 Å². The van der Waals surface area contributed by atoms with Crippen molar-refractivity contribution in [3.8, 4) is 0 Å². The molecular weight excluding hydrogens is 344 g/mol. The molecule has 0 spiro atoms. The van der Waals surface area contributed by atoms with Crippen LogP contribution in [0.3, 0.4) is 0 Å². The van der Waals surface area contributed by atoms with Gasteiger partial charge in [-0.1, -0.05) is 30.3 Å². The minimum atomic E-state index is -0.412. The first-order valence-electron chi connectivity index (χ1n) is 8.96. The Kier molecular flexibility index (Phi) is 8.03. The maximum absolute atomic E-state index is 11.9. The standard InChI is InChI=1S/C21H24N2O4/c1-2-27-21(26)17-10-12-18(13-11-17)23-20(25)15-19(24)22-14-6-9-16-7-4-3-5-8-16/h3-5,7-8,10-13H,2,6,9,14-15H2,1H3,(H,22,24)(H,23,25). The second kappa shape index (κ2) is 10.8. The second-order valence-electron chi connectivity index (χ2n) is 5.96. The van der Waals surface area contributed by atoms with Crippen molar-refractivity contribution in [1.82, 2.24) is 5.32 Å². The summed E-state index contributed by atoms with van der Waals surface area (Å²) in [6, 6.07) is 16.4. The Morgan fingerprint density at radius 1 is 0.926 bits per heavy atom. The lowest BCUT2D eigenvalue weighted by Crippen LogP contribution is -2.29. The van der Waals surface area contributed by atoms with E-state index in [4.69, 9.17) is 4.74 Å². The Morgan fingerprint density at radius 2 is 1.63 bits per heavy atom. The summed E-state index contributed by atoms with van der Waals surface area (Å²) in [4.78, 5) is 35.3. The number of aryl methyl sites for hydroxylation is 1. The van der Waals surface area contributed by atoms with Crippen molar-refractivity contribution in [2.45, 2.75) is 26.2 Å². The largest absolute Gasteiger partial charge is 0.462 e. The van der Waals surface area contributed by atoms with Gasteiger partial charge in [-0.3, -0.25) is 9.59 Å². The van der Waals surface area contributed by atoms with E-state index < -0.39 is 11.9 Å². The molecule has 2 N–H and O–H groups in total. The summed E-state index contributed by atoms with van der Waals surface area (Å²) in [5, 5.41) is 5.38. The van der Waals surface area contributed by atoms with E-state index in [0.717, 1.165) is 12.8 Å². The van der Waals surface area contributed by atoms with Gasteiger partial charge in [-0.25, -0.2) is 4.79 Å². The smallest absolute Gasteiger partial charge is 0.338 e. The molecule has 0 bridgehead atoms. The van der Waals surface area contributed by atoms with Gasteiger partial charge < -0.3 is 15.4 Å². The van der Waals surface area contributed by atoms with Crippen molar-refractivity contribution in [1.29, 1.82) is 0 Å². The topological polar surface area (TPSA) is 84.5 Å². The van der Waals surface area contributed by atoms with Crippen LogP contribution in [0.4, 0.5) is 5.69 Å². The fourth-order valence-corrected chi connectivity index (χ4v) is 2.48. The van der Waals surface area contributed by atoms with Gasteiger partial charge >= 0.3 is 5.97 Å². The molecule has 6 nitrogen and oxygen atoms in total. The van der Waals surface area contributed by atoms with E-state index in [9.17, 15) is 14.4 Å². The number of rotatable bonds is 9. The molecule has 2 amide bonds. The Bertz CT molecular complexity index is 758. The molecule has 27 heavy (non-hydrogen) atoms. The lowest BCUT2D eigenvalue weighted by Gasteiger charge is -2.08. The SMILES string of the molecule is CCOC(=O)c1ccc(NC(=O)CC(=O)NCCCc2ccccc2)cc1. The zero-order valence-corrected chi connectivity index (χ0v) is 15.4. The lowest BCUT2D eigenvalue weighted by molar-refractivity contribution is -0.126. The fourth-order valence-electron chi connectivity index (χ4n) is 2.48. The minimum absolute atomic E-state index is 0.245. The van der Waals surface area contributed by atoms with Gasteiger partial charge in [-0.2, -0.15) is 0 Å². The highest BCUT2D eigenvalue weighted by Crippen LogP contribution is 2.11. The summed E-state index contributed by atoms with van der Waals surface area (Å²) < 4.78 is 4.90. The number of ether oxygens (including phenoxy) is 1. The summed E-state index contributed by atoms with van der Waals surface area (Å²) in [5.41, 5.74) is 2.15. The van der Waals surface area contributed by atoms with Crippen LogP contribution < -0.4 is 10.6 Å². The van der Waals surface area contributed by atoms with E-state index in [1.165, 1.54) is 5.56 Å². The van der Waals surface area contributed by atoms with Crippen molar-refractivity contribution in [2.24, 2.45) is 0 Å². The number of nitrogens with one attached hydrogen (secondary N) is 2. The summed E-state index contributed by atoms with van der Waals surface area (Å²) in [6.45, 7) is 2.56. The van der Waals surface area contributed by atoms with Gasteiger partial charge in [-0.05, 0) is 49.6 Å². The van der Waals surface area contributed by atoms with E-state index in [-0.39, 0.29) is 12.3 Å². The third kappa shape index (κ3) is 7.32. The molecular formula is C21H24N2O4. The quantitative estimate of drug-likeness (QED) is 0.405. The molecule has 2 rings (SSSR count). The van der Waals surface area contributed by atoms with E-state index >= 15 is 0 Å². The van der Waals surface area contributed by atoms with Crippen molar-refractivity contribution < 1.29 is 19.1 Å². The van der Waals surface area contributed by atoms with Crippen molar-refractivity contribution in [3.05, 3.63) is 65.7 Å². The molecule has 0 unspecified atom stereocenters. The number of hydrogen-bond donors (Lipinski definition) is 2. The molecule has 0 fully saturated rings. The summed E-state index contributed by atoms with van der Waals surface area (Å²) in [6.07, 6.45) is 1.44. The van der Waals surface area contributed by atoms with E-state index in [0.29, 0.717) is 24.4 Å². The van der Waals surface area contributed by atoms with Crippen LogP contribution in [0.1, 0.15) is 35.7 Å². The molecule has 0 heterocycles. The Morgan fingerprint density at radius 3 is 2.30 bits per heavy atom. The first-order valence-corrected chi connectivity index (χ1v) is 8.96. The Hall–Kier alpha value is -3.15. The number of hydrogen-bond acceptors (Lipinski definition) is 4. The fraction of sp³-hybridized carbons (Fsp3) is 0.286. The number of anilines is 1. The molecule has 0 atom stereocenters. The van der Waals surface area contributed by atoms with E-state index in [1.54, 1.807) is 31.2 Å². The predicted octanol–water partition coefficient (Wildman–Crippen LogP) is 2.94. The highest BCUT2D eigenvalue weighted by molar-refractivity contribution is 6.03. The molecule has 0 radical (unpaired) electrons. The monoisotopic (exact) mass is 368 g/mol. The van der Waals surface area contributed by atoms with Crippen molar-refractivity contribution in [3.63, 3.8) is 0 Å². The molecule has 0 aromatic heterocycles. The highest BCUT2D eigenvalue weighted by Gasteiger charge is 2.10. The molecule has 2 aromatic rings. The van der Waals surface area contributed by atoms with Crippen LogP contribution in [0.5, 0.6) is 0 Å². The highest BCUT2D eigenvalue weighted by atomic mass is 16.5. The van der Waals surface area contributed by atoms with Crippen LogP contribution in [0.2, 0.25) is 0 Å². The van der Waals surface area contributed by atoms with Gasteiger partial charge in [0.15, 0.2) is 0 Å². The minimum Gasteiger partial charge on any atom is -0.462 e. The third-order valence-electron chi connectivity index (χ3n) is 3.81. The predicted molar refractivity (Wildman–Crippen MR) is 103 cm³/mol. The number of benzene rings is 2. The van der Waals surface area contributed by atoms with Crippen molar-refractivity contribution >= 4 is 23.5 Å². The van der Waals surface area contributed by atoms with Crippen LogP contribution >= 0.6 is 0 Å². The average molecular weight is 368 g/mol. The van der Waals surface area contributed by atoms with E-state index in [1.807, 2.05) is 30.3 Å². The number of esters is 1. The van der Waals surface area contributed by atoms with Gasteiger partial charge in [0.1, 0.15) is 6.42 Å².